The molecule has 2 rings (SSSR count). The Balaban J connectivity index is 0.000000980. The molecule has 0 heterocycles. The van der Waals surface area contributed by atoms with Gasteiger partial charge in [0.25, 0.3) is 0 Å². The minimum absolute atomic E-state index is 0. The zero-order chi connectivity index (χ0) is 8.93. The third-order valence-electron chi connectivity index (χ3n) is 1.98. The van der Waals surface area contributed by atoms with E-state index in [1.54, 1.807) is 0 Å². The van der Waals surface area contributed by atoms with E-state index in [-0.39, 0.29) is 37.7 Å². The fraction of sp³-hybridized carbons (Fsp3) is 0.0769. The summed E-state index contributed by atoms with van der Waals surface area (Å²) in [5, 5.41) is 0. The van der Waals surface area contributed by atoms with E-state index in [2.05, 4.69) is 36.4 Å². The summed E-state index contributed by atoms with van der Waals surface area (Å²) < 4.78 is 0. The second kappa shape index (κ2) is 7.87. The maximum absolute atomic E-state index is 3.01. The summed E-state index contributed by atoms with van der Waals surface area (Å²) in [5.41, 5.74) is 2.65. The van der Waals surface area contributed by atoms with Crippen LogP contribution in [0.3, 0.4) is 0 Å². The summed E-state index contributed by atoms with van der Waals surface area (Å²) in [6.07, 6.45) is 0.989. The van der Waals surface area contributed by atoms with E-state index in [0.29, 0.717) is 0 Å². The van der Waals surface area contributed by atoms with E-state index < -0.39 is 0 Å². The fourth-order valence-electron chi connectivity index (χ4n) is 1.31. The number of hydrogen-bond acceptors (Lipinski definition) is 0. The van der Waals surface area contributed by atoms with Gasteiger partial charge in [0.05, 0.1) is 0 Å². The molecule has 0 aromatic heterocycles. The van der Waals surface area contributed by atoms with Crippen LogP contribution < -0.4 is 37.7 Å². The van der Waals surface area contributed by atoms with Crippen LogP contribution >= 0.6 is 0 Å². The van der Waals surface area contributed by atoms with Crippen molar-refractivity contribution in [3.8, 4) is 0 Å². The summed E-state index contributed by atoms with van der Waals surface area (Å²) >= 11 is 0. The maximum atomic E-state index is 3.01. The molecule has 0 saturated heterocycles. The van der Waals surface area contributed by atoms with E-state index in [0.717, 1.165) is 6.42 Å². The molecule has 0 amide bonds. The first-order valence-electron chi connectivity index (χ1n) is 4.35. The van der Waals surface area contributed by atoms with Crippen LogP contribution in [-0.2, 0) is 6.42 Å². The van der Waals surface area contributed by atoms with Gasteiger partial charge in [-0.15, -0.1) is 0 Å². The van der Waals surface area contributed by atoms with E-state index in [4.69, 9.17) is 0 Å². The van der Waals surface area contributed by atoms with Crippen LogP contribution in [0.2, 0.25) is 0 Å². The molecule has 0 fully saturated rings. The van der Waals surface area contributed by atoms with Gasteiger partial charge in [0.1, 0.15) is 0 Å². The van der Waals surface area contributed by atoms with E-state index in [9.17, 15) is 0 Å². The molecule has 2 aromatic rings. The van der Waals surface area contributed by atoms with Crippen molar-refractivity contribution in [3.63, 3.8) is 0 Å². The minimum Gasteiger partial charge on any atom is -0.184 e. The van der Waals surface area contributed by atoms with Crippen molar-refractivity contribution in [3.05, 3.63) is 71.8 Å². The summed E-state index contributed by atoms with van der Waals surface area (Å²) in [6, 6.07) is 22.2. The van der Waals surface area contributed by atoms with Gasteiger partial charge in [-0.3, -0.25) is 0 Å². The van der Waals surface area contributed by atoms with Crippen molar-refractivity contribution >= 4 is 0 Å². The Labute approximate surface area is 115 Å². The van der Waals surface area contributed by atoms with Gasteiger partial charge < -0.3 is 0 Å². The van der Waals surface area contributed by atoms with E-state index in [1.807, 2.05) is 24.3 Å². The van der Waals surface area contributed by atoms with Crippen LogP contribution in [0.1, 0.15) is 11.1 Å². The van der Waals surface area contributed by atoms with Crippen molar-refractivity contribution in [1.82, 2.24) is 0 Å². The first kappa shape index (κ1) is 14.6. The minimum atomic E-state index is 0. The van der Waals surface area contributed by atoms with Gasteiger partial charge in [-0.1, -0.05) is 0 Å². The van der Waals surface area contributed by atoms with Crippen LogP contribution in [0, 0.1) is 12.1 Å². The largest absolute Gasteiger partial charge is 1.00 e. The quantitative estimate of drug-likeness (QED) is 0.339. The smallest absolute Gasteiger partial charge is 0.184 e. The van der Waals surface area contributed by atoms with Crippen molar-refractivity contribution in [1.29, 1.82) is 0 Å². The predicted octanol–water partition coefficient (Wildman–Crippen LogP) is -3.11. The molecular weight excluding hydrogens is 170 g/mol. The van der Waals surface area contributed by atoms with Crippen molar-refractivity contribution in [2.75, 3.05) is 0 Å². The summed E-state index contributed by atoms with van der Waals surface area (Å²) in [5.74, 6) is 0. The zero-order valence-corrected chi connectivity index (χ0v) is 9.33. The summed E-state index contributed by atoms with van der Waals surface area (Å²) in [4.78, 5) is 0. The zero-order valence-electron chi connectivity index (χ0n) is 9.33. The third kappa shape index (κ3) is 4.79. The molecule has 0 aliphatic heterocycles. The van der Waals surface area contributed by atoms with Crippen LogP contribution in [-0.4, -0.2) is 0 Å². The monoisotopic (exact) mass is 180 g/mol. The van der Waals surface area contributed by atoms with Crippen LogP contribution in [0.15, 0.2) is 48.5 Å². The Kier molecular flexibility index (Phi) is 7.67. The SMILES string of the molecule is [Li+].[Li+].[c-]1ccc(Cc2cc[c-]cc2)cc1. The maximum Gasteiger partial charge on any atom is 1.00 e. The van der Waals surface area contributed by atoms with Crippen LogP contribution in [0.4, 0.5) is 0 Å². The molecule has 2 aromatic carbocycles. The molecule has 0 aliphatic rings. The van der Waals surface area contributed by atoms with Gasteiger partial charge in [0.15, 0.2) is 0 Å². The predicted molar refractivity (Wildman–Crippen MR) is 53.4 cm³/mol. The van der Waals surface area contributed by atoms with Crippen molar-refractivity contribution in [2.24, 2.45) is 0 Å². The Morgan fingerprint density at radius 3 is 1.33 bits per heavy atom. The molecule has 0 unspecified atom stereocenters. The van der Waals surface area contributed by atoms with Gasteiger partial charge in [-0.2, -0.15) is 71.8 Å². The number of benzene rings is 2. The molecule has 64 valence electrons. The van der Waals surface area contributed by atoms with E-state index in [1.165, 1.54) is 11.1 Å². The van der Waals surface area contributed by atoms with Gasteiger partial charge in [0.2, 0.25) is 0 Å². The normalized spacial score (nSPS) is 8.53. The molecule has 0 N–H and O–H groups in total. The Morgan fingerprint density at radius 1 is 0.667 bits per heavy atom. The molecule has 0 saturated carbocycles. The van der Waals surface area contributed by atoms with Gasteiger partial charge >= 0.3 is 37.7 Å². The molecule has 0 spiro atoms. The number of rotatable bonds is 2. The standard InChI is InChI=1S/C13H10.2Li/c1-3-7-12(8-4-1)11-13-9-5-2-6-10-13;;/h3-10H,11H2;;/q-2;2*+1. The molecule has 0 bridgehead atoms. The average molecular weight is 180 g/mol. The van der Waals surface area contributed by atoms with Crippen LogP contribution in [0.25, 0.3) is 0 Å². The molecule has 0 nitrogen and oxygen atoms in total. The molecule has 2 heteroatoms. The molecular formula is C13H10Li2. The first-order chi connectivity index (χ1) is 6.45. The summed E-state index contributed by atoms with van der Waals surface area (Å²) in [6.45, 7) is 0. The second-order valence-corrected chi connectivity index (χ2v) is 2.99. The molecule has 0 radical (unpaired) electrons. The van der Waals surface area contributed by atoms with Gasteiger partial charge in [-0.05, 0) is 6.42 Å². The third-order valence-corrected chi connectivity index (χ3v) is 1.98. The van der Waals surface area contributed by atoms with Gasteiger partial charge in [0, 0.05) is 0 Å². The summed E-state index contributed by atoms with van der Waals surface area (Å²) in [7, 11) is 0. The molecule has 0 atom stereocenters. The van der Waals surface area contributed by atoms with Crippen LogP contribution in [0.5, 0.6) is 0 Å². The van der Waals surface area contributed by atoms with Crippen molar-refractivity contribution < 1.29 is 37.7 Å². The average Bonchev–Trinajstić information content (AvgIpc) is 2.21. The van der Waals surface area contributed by atoms with Gasteiger partial charge in [-0.25, -0.2) is 0 Å². The molecule has 0 aliphatic carbocycles. The Bertz CT molecular complexity index is 319. The number of hydrogen-bond donors (Lipinski definition) is 0. The van der Waals surface area contributed by atoms with E-state index >= 15 is 0 Å². The molecule has 15 heavy (non-hydrogen) atoms. The topological polar surface area (TPSA) is 0 Å². The first-order valence-corrected chi connectivity index (χ1v) is 4.35. The Hall–Kier alpha value is -0.365. The van der Waals surface area contributed by atoms with Crippen molar-refractivity contribution in [2.45, 2.75) is 6.42 Å². The fourth-order valence-corrected chi connectivity index (χ4v) is 1.31. The Morgan fingerprint density at radius 2 is 1.00 bits per heavy atom. The second-order valence-electron chi connectivity index (χ2n) is 2.99.